The van der Waals surface area contributed by atoms with Crippen molar-refractivity contribution in [2.24, 2.45) is 0 Å². The van der Waals surface area contributed by atoms with Crippen LogP contribution in [0.5, 0.6) is 0 Å². The first kappa shape index (κ1) is 57.8. The van der Waals surface area contributed by atoms with Gasteiger partial charge in [-0.3, -0.25) is 9.82 Å². The van der Waals surface area contributed by atoms with E-state index in [1.807, 2.05) is 76.4 Å². The van der Waals surface area contributed by atoms with E-state index in [0.29, 0.717) is 46.4 Å². The Morgan fingerprint density at radius 1 is 0.529 bits per heavy atom. The summed E-state index contributed by atoms with van der Waals surface area (Å²) in [6.45, 7) is 8.57. The van der Waals surface area contributed by atoms with E-state index in [1.165, 1.54) is 19.7 Å². The SMILES string of the molecule is CO[n+]1ccc2cc(CC(C)c3cnn4c(NCc5cccc6c(CC(C)c7cnn8c(NCc9cccc%10c9ccc[n+]%10[O-])nc(S(C)(=O)=O)nc78)cncc56)nc(S(C)(=O)=O)nc34)cc(CNc3nc(S(C)(=O)=O)nc4c(C(C)C)cnn34)c2c1. The Kier molecular flexibility index (Phi) is 14.8. The summed E-state index contributed by atoms with van der Waals surface area (Å²) in [6.07, 6.45) is 17.8. The number of nitrogens with zero attached hydrogens (tertiary/aromatic N) is 15. The summed E-state index contributed by atoms with van der Waals surface area (Å²) in [5.74, 6) is 0.0219. The molecule has 0 saturated carbocycles. The molecule has 0 saturated heterocycles. The molecule has 12 aromatic rings. The molecule has 0 spiro atoms. The molecule has 0 aliphatic carbocycles. The average Bonchev–Trinajstić information content (AvgIpc) is 2.54. The quantitative estimate of drug-likeness (QED) is 0.0609. The first-order valence-corrected chi connectivity index (χ1v) is 33.2. The molecule has 0 aliphatic rings. The maximum atomic E-state index is 13.3. The third-order valence-electron chi connectivity index (χ3n) is 15.3. The van der Waals surface area contributed by atoms with Gasteiger partial charge in [-0.2, -0.15) is 63.5 Å². The Morgan fingerprint density at radius 3 is 1.59 bits per heavy atom. The van der Waals surface area contributed by atoms with Crippen LogP contribution in [0.1, 0.15) is 90.0 Å². The number of anilines is 3. The molecular weight excluding hydrogens is 1170 g/mol. The summed E-state index contributed by atoms with van der Waals surface area (Å²) in [4.78, 5) is 36.9. The van der Waals surface area contributed by atoms with Crippen molar-refractivity contribution in [1.82, 2.24) is 63.7 Å². The van der Waals surface area contributed by atoms with E-state index >= 15 is 0 Å². The number of fused-ring (bicyclic) bond motifs is 6. The molecule has 0 aliphatic heterocycles. The Hall–Kier alpha value is -9.61. The van der Waals surface area contributed by atoms with Gasteiger partial charge in [0.05, 0.1) is 29.4 Å². The molecule has 26 nitrogen and oxygen atoms in total. The van der Waals surface area contributed by atoms with E-state index in [1.54, 1.807) is 67.2 Å². The molecule has 2 unspecified atom stereocenters. The molecule has 3 N–H and O–H groups in total. The minimum absolute atomic E-state index is 0.0139. The summed E-state index contributed by atoms with van der Waals surface area (Å²) in [5.41, 5.74) is 7.93. The molecule has 87 heavy (non-hydrogen) atoms. The van der Waals surface area contributed by atoms with Crippen LogP contribution in [0.15, 0.2) is 132 Å². The fraction of sp³-hybridized carbons (Fsp3) is 0.276. The van der Waals surface area contributed by atoms with Crippen LogP contribution < -0.4 is 30.2 Å². The summed E-state index contributed by atoms with van der Waals surface area (Å²) in [7, 11) is -10.0. The highest BCUT2D eigenvalue weighted by Gasteiger charge is 2.26. The normalized spacial score (nSPS) is 13.2. The number of rotatable bonds is 20. The third kappa shape index (κ3) is 11.3. The molecule has 3 aromatic carbocycles. The number of sulfone groups is 3. The molecule has 2 atom stereocenters. The van der Waals surface area contributed by atoms with Gasteiger partial charge in [0, 0.05) is 95.8 Å². The van der Waals surface area contributed by atoms with Gasteiger partial charge in [0.15, 0.2) is 23.1 Å². The van der Waals surface area contributed by atoms with E-state index in [4.69, 9.17) is 9.94 Å². The van der Waals surface area contributed by atoms with Crippen molar-refractivity contribution in [3.05, 3.63) is 166 Å². The summed E-state index contributed by atoms with van der Waals surface area (Å²) < 4.78 is 85.1. The highest BCUT2D eigenvalue weighted by atomic mass is 32.2. The first-order chi connectivity index (χ1) is 41.5. The first-order valence-electron chi connectivity index (χ1n) is 27.5. The number of benzene rings is 3. The third-order valence-corrected chi connectivity index (χ3v) is 17.8. The van der Waals surface area contributed by atoms with Gasteiger partial charge in [-0.15, -0.1) is 0 Å². The largest absolute Gasteiger partial charge is 0.618 e. The minimum atomic E-state index is -3.93. The molecular formula is C58H59N18O8S3+. The Bertz CT molecular complexity index is 5090. The lowest BCUT2D eigenvalue weighted by Crippen LogP contribution is -2.39. The molecule has 9 aromatic heterocycles. The predicted molar refractivity (Wildman–Crippen MR) is 323 cm³/mol. The fourth-order valence-corrected chi connectivity index (χ4v) is 12.4. The molecule has 0 bridgehead atoms. The summed E-state index contributed by atoms with van der Waals surface area (Å²) in [5, 5.41) is 39.4. The monoisotopic (exact) mass is 1230 g/mol. The van der Waals surface area contributed by atoms with Gasteiger partial charge < -0.3 is 21.2 Å². The van der Waals surface area contributed by atoms with Gasteiger partial charge >= 0.3 is 0 Å². The van der Waals surface area contributed by atoms with Crippen molar-refractivity contribution in [3.63, 3.8) is 0 Å². The van der Waals surface area contributed by atoms with Crippen LogP contribution in [0.2, 0.25) is 0 Å². The van der Waals surface area contributed by atoms with Gasteiger partial charge in [0.1, 0.15) is 7.11 Å². The second-order valence-electron chi connectivity index (χ2n) is 22.0. The van der Waals surface area contributed by atoms with E-state index in [9.17, 15) is 30.5 Å². The molecule has 0 radical (unpaired) electrons. The second kappa shape index (κ2) is 22.3. The van der Waals surface area contributed by atoms with E-state index in [2.05, 4.69) is 67.1 Å². The van der Waals surface area contributed by atoms with Crippen molar-refractivity contribution in [2.45, 2.75) is 93.4 Å². The second-order valence-corrected chi connectivity index (χ2v) is 27.7. The lowest BCUT2D eigenvalue weighted by Gasteiger charge is -2.16. The zero-order chi connectivity index (χ0) is 61.3. The predicted octanol–water partition coefficient (Wildman–Crippen LogP) is 5.70. The van der Waals surface area contributed by atoms with E-state index < -0.39 is 29.5 Å². The van der Waals surface area contributed by atoms with Crippen LogP contribution in [0.25, 0.3) is 49.4 Å². The highest BCUT2D eigenvalue weighted by Crippen LogP contribution is 2.33. The number of nitrogens with one attached hydrogen (secondary N) is 3. The molecule has 446 valence electrons. The zero-order valence-electron chi connectivity index (χ0n) is 48.4. The zero-order valence-corrected chi connectivity index (χ0v) is 50.9. The average molecular weight is 1230 g/mol. The van der Waals surface area contributed by atoms with Crippen molar-refractivity contribution in [2.75, 3.05) is 41.8 Å². The number of hydrogen-bond donors (Lipinski definition) is 3. The van der Waals surface area contributed by atoms with Crippen LogP contribution in [0.3, 0.4) is 0 Å². The molecule has 0 fully saturated rings. The lowest BCUT2D eigenvalue weighted by atomic mass is 9.92. The van der Waals surface area contributed by atoms with Gasteiger partial charge in [0.2, 0.25) is 65.3 Å². The fourth-order valence-electron chi connectivity index (χ4n) is 10.9. The molecule has 9 heterocycles. The molecule has 0 amide bonds. The number of hydrogen-bond acceptors (Lipinski definition) is 21. The summed E-state index contributed by atoms with van der Waals surface area (Å²) >= 11 is 0. The number of aromatic nitrogens is 15. The maximum absolute atomic E-state index is 13.3. The maximum Gasteiger partial charge on any atom is 0.252 e. The van der Waals surface area contributed by atoms with Gasteiger partial charge in [-0.25, -0.2) is 25.3 Å². The standard InChI is InChI=1S/C58H59N18O8S3/c1-33(2)44-29-63-74-50(44)66-56(85(6,78)79)71-55(74)62-27-41-23-36(22-37-17-19-72(84-5)32-48(37)41)20-34(3)45-30-64-75-51(45)67-57(86(7,80)81)70-54(75)61-26-39-12-9-14-42-40(24-59-28-47(39)42)21-35(4)46-31-65-76-52(46)68-58(87(8,82)83)69-53(76)60-25-38-13-10-16-49-43(38)15-11-18-73(49)77/h9-19,22-24,28-35H,20-21,25-27H2,1-8H3,(H,60,68,69)(H,61,67,70)(H,62,66,71)/q+1. The van der Waals surface area contributed by atoms with Crippen LogP contribution >= 0.6 is 0 Å². The topological polar surface area (TPSA) is 321 Å². The Morgan fingerprint density at radius 2 is 1.03 bits per heavy atom. The number of pyridine rings is 3. The van der Waals surface area contributed by atoms with Gasteiger partial charge in [-0.1, -0.05) is 70.2 Å². The smallest absolute Gasteiger partial charge is 0.252 e. The van der Waals surface area contributed by atoms with Crippen LogP contribution in [-0.2, 0) is 62.0 Å². The van der Waals surface area contributed by atoms with E-state index in [0.717, 1.165) is 83.8 Å². The van der Waals surface area contributed by atoms with Crippen LogP contribution in [0, 0.1) is 5.21 Å². The lowest BCUT2D eigenvalue weighted by molar-refractivity contribution is -0.884. The van der Waals surface area contributed by atoms with Crippen molar-refractivity contribution in [3.8, 4) is 0 Å². The molecule has 12 rings (SSSR count). The van der Waals surface area contributed by atoms with Gasteiger partial charge in [-0.05, 0) is 75.3 Å². The van der Waals surface area contributed by atoms with Crippen molar-refractivity contribution >= 4 is 96.7 Å². The minimum Gasteiger partial charge on any atom is -0.618 e. The highest BCUT2D eigenvalue weighted by molar-refractivity contribution is 7.91. The Balaban J connectivity index is 0.808. The van der Waals surface area contributed by atoms with E-state index in [-0.39, 0.29) is 70.7 Å². The van der Waals surface area contributed by atoms with Crippen molar-refractivity contribution in [1.29, 1.82) is 0 Å². The Labute approximate surface area is 498 Å². The van der Waals surface area contributed by atoms with Crippen molar-refractivity contribution < 1.29 is 39.6 Å². The molecule has 29 heteroatoms. The van der Waals surface area contributed by atoms with Crippen LogP contribution in [-0.4, -0.2) is 115 Å². The van der Waals surface area contributed by atoms with Crippen LogP contribution in [0.4, 0.5) is 17.8 Å². The van der Waals surface area contributed by atoms with Gasteiger partial charge in [0.25, 0.3) is 15.5 Å². The summed E-state index contributed by atoms with van der Waals surface area (Å²) in [6, 6.07) is 20.8.